The molecular formula is C18H19ClN4O. The van der Waals surface area contributed by atoms with Crippen molar-refractivity contribution in [3.05, 3.63) is 51.8 Å². The Labute approximate surface area is 145 Å². The van der Waals surface area contributed by atoms with Crippen molar-refractivity contribution in [3.8, 4) is 0 Å². The number of benzene rings is 1. The van der Waals surface area contributed by atoms with Gasteiger partial charge in [-0.2, -0.15) is 0 Å². The number of carbonyl (C=O) groups excluding carboxylic acids is 1. The first kappa shape index (κ1) is 15.4. The van der Waals surface area contributed by atoms with Gasteiger partial charge in [0.1, 0.15) is 5.69 Å². The Morgan fingerprint density at radius 3 is 2.54 bits per heavy atom. The van der Waals surface area contributed by atoms with Crippen LogP contribution in [0.25, 0.3) is 0 Å². The smallest absolute Gasteiger partial charge is 0.271 e. The standard InChI is InChI=1S/C18H19ClN4O/c19-12-7-5-11(6-8-12)18(9-10-18)23-16(24)15-13-3-1-2-4-14(13)21-17(20)22-15/h5-8H,1-4,9-10H2,(H,23,24)(H2,20,21,22). The molecular weight excluding hydrogens is 324 g/mol. The average Bonchev–Trinajstić information content (AvgIpc) is 3.35. The van der Waals surface area contributed by atoms with Gasteiger partial charge in [-0.1, -0.05) is 23.7 Å². The summed E-state index contributed by atoms with van der Waals surface area (Å²) in [4.78, 5) is 21.4. The van der Waals surface area contributed by atoms with E-state index in [0.717, 1.165) is 55.3 Å². The second-order valence-electron chi connectivity index (χ2n) is 6.61. The number of halogens is 1. The number of rotatable bonds is 3. The van der Waals surface area contributed by atoms with Crippen LogP contribution in [0.2, 0.25) is 5.02 Å². The summed E-state index contributed by atoms with van der Waals surface area (Å²) in [6.45, 7) is 0. The molecule has 0 unspecified atom stereocenters. The molecule has 5 nitrogen and oxygen atoms in total. The molecule has 0 atom stereocenters. The molecule has 1 saturated carbocycles. The van der Waals surface area contributed by atoms with Crippen molar-refractivity contribution in [2.24, 2.45) is 0 Å². The van der Waals surface area contributed by atoms with Crippen molar-refractivity contribution in [3.63, 3.8) is 0 Å². The Morgan fingerprint density at radius 1 is 1.12 bits per heavy atom. The van der Waals surface area contributed by atoms with Crippen LogP contribution in [0.4, 0.5) is 5.95 Å². The van der Waals surface area contributed by atoms with Crippen LogP contribution in [0.1, 0.15) is 53.0 Å². The van der Waals surface area contributed by atoms with Gasteiger partial charge in [-0.05, 0) is 56.2 Å². The van der Waals surface area contributed by atoms with Crippen LogP contribution in [0.15, 0.2) is 24.3 Å². The summed E-state index contributed by atoms with van der Waals surface area (Å²) in [7, 11) is 0. The average molecular weight is 343 g/mol. The van der Waals surface area contributed by atoms with Crippen LogP contribution < -0.4 is 11.1 Å². The third-order valence-corrected chi connectivity index (χ3v) is 5.17. The van der Waals surface area contributed by atoms with Gasteiger partial charge >= 0.3 is 0 Å². The van der Waals surface area contributed by atoms with Crippen molar-refractivity contribution in [2.45, 2.75) is 44.1 Å². The molecule has 0 aliphatic heterocycles. The maximum Gasteiger partial charge on any atom is 0.271 e. The highest BCUT2D eigenvalue weighted by Gasteiger charge is 2.46. The van der Waals surface area contributed by atoms with Gasteiger partial charge in [-0.3, -0.25) is 4.79 Å². The van der Waals surface area contributed by atoms with E-state index < -0.39 is 0 Å². The highest BCUT2D eigenvalue weighted by Crippen LogP contribution is 2.46. The van der Waals surface area contributed by atoms with Gasteiger partial charge in [0, 0.05) is 16.3 Å². The lowest BCUT2D eigenvalue weighted by Gasteiger charge is -2.21. The number of carbonyl (C=O) groups is 1. The fourth-order valence-electron chi connectivity index (χ4n) is 3.46. The van der Waals surface area contributed by atoms with Crippen molar-refractivity contribution in [2.75, 3.05) is 5.73 Å². The van der Waals surface area contributed by atoms with E-state index in [2.05, 4.69) is 15.3 Å². The molecule has 0 bridgehead atoms. The van der Waals surface area contributed by atoms with E-state index in [-0.39, 0.29) is 17.4 Å². The van der Waals surface area contributed by atoms with Gasteiger partial charge in [0.25, 0.3) is 5.91 Å². The molecule has 0 saturated heterocycles. The number of nitrogens with two attached hydrogens (primary N) is 1. The second-order valence-corrected chi connectivity index (χ2v) is 7.04. The van der Waals surface area contributed by atoms with Gasteiger partial charge in [0.2, 0.25) is 5.95 Å². The summed E-state index contributed by atoms with van der Waals surface area (Å²) >= 11 is 5.96. The van der Waals surface area contributed by atoms with Crippen LogP contribution in [0, 0.1) is 0 Å². The van der Waals surface area contributed by atoms with Crippen LogP contribution in [-0.4, -0.2) is 15.9 Å². The zero-order valence-electron chi connectivity index (χ0n) is 13.3. The van der Waals surface area contributed by atoms with Gasteiger partial charge in [0.05, 0.1) is 5.54 Å². The molecule has 124 valence electrons. The van der Waals surface area contributed by atoms with E-state index >= 15 is 0 Å². The molecule has 1 aromatic heterocycles. The Kier molecular flexibility index (Phi) is 3.68. The second kappa shape index (κ2) is 5.74. The Morgan fingerprint density at radius 2 is 1.83 bits per heavy atom. The number of nitrogens with zero attached hydrogens (tertiary/aromatic N) is 2. The van der Waals surface area contributed by atoms with Crippen molar-refractivity contribution in [1.29, 1.82) is 0 Å². The molecule has 1 amide bonds. The number of nitrogens with one attached hydrogen (secondary N) is 1. The minimum atomic E-state index is -0.303. The third-order valence-electron chi connectivity index (χ3n) is 4.92. The van der Waals surface area contributed by atoms with Crippen molar-refractivity contribution < 1.29 is 4.79 Å². The lowest BCUT2D eigenvalue weighted by atomic mass is 9.94. The maximum absolute atomic E-state index is 12.9. The number of fused-ring (bicyclic) bond motifs is 1. The highest BCUT2D eigenvalue weighted by atomic mass is 35.5. The number of hydrogen-bond donors (Lipinski definition) is 2. The minimum absolute atomic E-state index is 0.158. The molecule has 2 aromatic rings. The molecule has 0 radical (unpaired) electrons. The molecule has 2 aliphatic rings. The summed E-state index contributed by atoms with van der Waals surface area (Å²) in [5, 5.41) is 3.86. The van der Waals surface area contributed by atoms with Gasteiger partial charge in [0.15, 0.2) is 0 Å². The summed E-state index contributed by atoms with van der Waals surface area (Å²) in [6, 6.07) is 7.65. The van der Waals surface area contributed by atoms with Gasteiger partial charge in [-0.15, -0.1) is 0 Å². The van der Waals surface area contributed by atoms with E-state index in [4.69, 9.17) is 17.3 Å². The maximum atomic E-state index is 12.9. The van der Waals surface area contributed by atoms with Crippen molar-refractivity contribution >= 4 is 23.5 Å². The molecule has 0 spiro atoms. The summed E-state index contributed by atoms with van der Waals surface area (Å²) in [5.41, 5.74) is 8.91. The van der Waals surface area contributed by atoms with E-state index in [0.29, 0.717) is 10.7 Å². The largest absolute Gasteiger partial charge is 0.368 e. The third kappa shape index (κ3) is 2.73. The Bertz CT molecular complexity index is 799. The van der Waals surface area contributed by atoms with E-state index in [1.165, 1.54) is 0 Å². The van der Waals surface area contributed by atoms with E-state index in [1.54, 1.807) is 0 Å². The number of nitrogen functional groups attached to an aromatic ring is 1. The Balaban J connectivity index is 1.63. The molecule has 1 heterocycles. The van der Waals surface area contributed by atoms with Gasteiger partial charge < -0.3 is 11.1 Å². The number of anilines is 1. The highest BCUT2D eigenvalue weighted by molar-refractivity contribution is 6.30. The van der Waals surface area contributed by atoms with Crippen LogP contribution in [0.5, 0.6) is 0 Å². The number of aryl methyl sites for hydroxylation is 1. The molecule has 1 fully saturated rings. The fourth-order valence-corrected chi connectivity index (χ4v) is 3.58. The summed E-state index contributed by atoms with van der Waals surface area (Å²) < 4.78 is 0. The molecule has 3 N–H and O–H groups in total. The van der Waals surface area contributed by atoms with E-state index in [9.17, 15) is 4.79 Å². The molecule has 1 aromatic carbocycles. The summed E-state index contributed by atoms with van der Waals surface area (Å²) in [6.07, 6.45) is 5.69. The Hall–Kier alpha value is -2.14. The first-order valence-electron chi connectivity index (χ1n) is 8.31. The topological polar surface area (TPSA) is 80.9 Å². The lowest BCUT2D eigenvalue weighted by Crippen LogP contribution is -2.36. The lowest BCUT2D eigenvalue weighted by molar-refractivity contribution is 0.0924. The van der Waals surface area contributed by atoms with Crippen molar-refractivity contribution in [1.82, 2.24) is 15.3 Å². The van der Waals surface area contributed by atoms with Crippen LogP contribution in [-0.2, 0) is 18.4 Å². The first-order chi connectivity index (χ1) is 11.6. The fraction of sp³-hybridized carbons (Fsp3) is 0.389. The van der Waals surface area contributed by atoms with Gasteiger partial charge in [-0.25, -0.2) is 9.97 Å². The molecule has 24 heavy (non-hydrogen) atoms. The monoisotopic (exact) mass is 342 g/mol. The van der Waals surface area contributed by atoms with Crippen LogP contribution >= 0.6 is 11.6 Å². The molecule has 2 aliphatic carbocycles. The number of aromatic nitrogens is 2. The zero-order valence-corrected chi connectivity index (χ0v) is 14.1. The SMILES string of the molecule is Nc1nc2c(c(C(=O)NC3(c4ccc(Cl)cc4)CC3)n1)CCCC2. The first-order valence-corrected chi connectivity index (χ1v) is 8.69. The number of amides is 1. The number of hydrogen-bond acceptors (Lipinski definition) is 4. The summed E-state index contributed by atoms with van der Waals surface area (Å²) in [5.74, 6) is 0.0202. The predicted molar refractivity (Wildman–Crippen MR) is 92.9 cm³/mol. The molecule has 4 rings (SSSR count). The minimum Gasteiger partial charge on any atom is -0.368 e. The zero-order chi connectivity index (χ0) is 16.7. The van der Waals surface area contributed by atoms with Crippen LogP contribution in [0.3, 0.4) is 0 Å². The van der Waals surface area contributed by atoms with E-state index in [1.807, 2.05) is 24.3 Å². The predicted octanol–water partition coefficient (Wildman–Crippen LogP) is 3.01. The quantitative estimate of drug-likeness (QED) is 0.898. The normalized spacial score (nSPS) is 17.9. The molecule has 6 heteroatoms.